The molecule has 0 spiro atoms. The lowest BCUT2D eigenvalue weighted by Gasteiger charge is -2.13. The van der Waals surface area contributed by atoms with Crippen molar-refractivity contribution in [2.75, 3.05) is 11.9 Å². The number of amides is 1. The standard InChI is InChI=1S/C18H18ClN3OS/c1-11(12-4-2-3-5-15(12)19)8-17(23)22-18-14(9-20)13-6-7-21-10-16(13)24-18/h2-5,11,21H,6-8,10H2,1H3,(H,22,23). The Kier molecular flexibility index (Phi) is 5.20. The molecular formula is C18H18ClN3OS. The van der Waals surface area contributed by atoms with Crippen molar-refractivity contribution >= 4 is 33.8 Å². The first-order chi connectivity index (χ1) is 11.6. The summed E-state index contributed by atoms with van der Waals surface area (Å²) in [6.07, 6.45) is 1.16. The number of nitrogens with zero attached hydrogens (tertiary/aromatic N) is 1. The van der Waals surface area contributed by atoms with Gasteiger partial charge in [-0.15, -0.1) is 11.3 Å². The van der Waals surface area contributed by atoms with E-state index in [1.165, 1.54) is 11.3 Å². The van der Waals surface area contributed by atoms with Gasteiger partial charge in [-0.2, -0.15) is 5.26 Å². The van der Waals surface area contributed by atoms with E-state index in [1.54, 1.807) is 0 Å². The Hall–Kier alpha value is -1.87. The Balaban J connectivity index is 1.73. The van der Waals surface area contributed by atoms with Crippen molar-refractivity contribution < 1.29 is 4.79 Å². The van der Waals surface area contributed by atoms with E-state index in [4.69, 9.17) is 11.6 Å². The SMILES string of the molecule is CC(CC(=O)Nc1sc2c(c1C#N)CCNC2)c1ccccc1Cl. The summed E-state index contributed by atoms with van der Waals surface area (Å²) in [4.78, 5) is 13.6. The van der Waals surface area contributed by atoms with Crippen LogP contribution in [0.5, 0.6) is 0 Å². The minimum Gasteiger partial charge on any atom is -0.317 e. The molecule has 1 aromatic heterocycles. The number of rotatable bonds is 4. The van der Waals surface area contributed by atoms with Crippen molar-refractivity contribution in [3.05, 3.63) is 50.9 Å². The first-order valence-electron chi connectivity index (χ1n) is 7.89. The molecule has 0 saturated heterocycles. The first kappa shape index (κ1) is 17.0. The highest BCUT2D eigenvalue weighted by molar-refractivity contribution is 7.16. The highest BCUT2D eigenvalue weighted by Gasteiger charge is 2.22. The number of benzene rings is 1. The van der Waals surface area contributed by atoms with Gasteiger partial charge in [0.05, 0.1) is 5.56 Å². The van der Waals surface area contributed by atoms with Gasteiger partial charge in [-0.25, -0.2) is 0 Å². The van der Waals surface area contributed by atoms with E-state index in [0.717, 1.165) is 35.5 Å². The van der Waals surface area contributed by atoms with Crippen LogP contribution in [-0.2, 0) is 17.8 Å². The summed E-state index contributed by atoms with van der Waals surface area (Å²) in [5.41, 5.74) is 2.66. The summed E-state index contributed by atoms with van der Waals surface area (Å²) in [5, 5.41) is 17.0. The number of halogens is 1. The lowest BCUT2D eigenvalue weighted by atomic mass is 9.97. The number of nitrogens with one attached hydrogen (secondary N) is 2. The van der Waals surface area contributed by atoms with Crippen LogP contribution in [0.4, 0.5) is 5.00 Å². The van der Waals surface area contributed by atoms with Crippen molar-refractivity contribution in [1.82, 2.24) is 5.32 Å². The van der Waals surface area contributed by atoms with Crippen LogP contribution < -0.4 is 10.6 Å². The van der Waals surface area contributed by atoms with Crippen molar-refractivity contribution in [2.45, 2.75) is 32.2 Å². The lowest BCUT2D eigenvalue weighted by molar-refractivity contribution is -0.116. The number of carbonyl (C=O) groups is 1. The molecule has 2 N–H and O–H groups in total. The molecule has 0 bridgehead atoms. The summed E-state index contributed by atoms with van der Waals surface area (Å²) >= 11 is 7.70. The minimum atomic E-state index is -0.0922. The molecule has 1 aromatic carbocycles. The lowest BCUT2D eigenvalue weighted by Crippen LogP contribution is -2.22. The summed E-state index contributed by atoms with van der Waals surface area (Å²) in [7, 11) is 0. The predicted molar refractivity (Wildman–Crippen MR) is 97.6 cm³/mol. The van der Waals surface area contributed by atoms with E-state index in [2.05, 4.69) is 16.7 Å². The highest BCUT2D eigenvalue weighted by Crippen LogP contribution is 2.35. The van der Waals surface area contributed by atoms with Gasteiger partial charge < -0.3 is 10.6 Å². The van der Waals surface area contributed by atoms with E-state index in [0.29, 0.717) is 22.0 Å². The molecule has 0 saturated carbocycles. The average Bonchev–Trinajstić information content (AvgIpc) is 2.91. The normalized spacial score (nSPS) is 14.5. The Morgan fingerprint density at radius 2 is 2.29 bits per heavy atom. The van der Waals surface area contributed by atoms with Crippen LogP contribution in [0.1, 0.15) is 40.8 Å². The predicted octanol–water partition coefficient (Wildman–Crippen LogP) is 4.05. The van der Waals surface area contributed by atoms with E-state index in [-0.39, 0.29) is 11.8 Å². The second kappa shape index (κ2) is 7.35. The van der Waals surface area contributed by atoms with Crippen LogP contribution >= 0.6 is 22.9 Å². The Bertz CT molecular complexity index is 809. The Morgan fingerprint density at radius 1 is 1.50 bits per heavy atom. The summed E-state index contributed by atoms with van der Waals surface area (Å²) < 4.78 is 0. The molecule has 0 radical (unpaired) electrons. The number of carbonyl (C=O) groups excluding carboxylic acids is 1. The van der Waals surface area contributed by atoms with Crippen LogP contribution in [0.2, 0.25) is 5.02 Å². The van der Waals surface area contributed by atoms with Crippen molar-refractivity contribution in [3.63, 3.8) is 0 Å². The van der Waals surface area contributed by atoms with E-state index in [1.807, 2.05) is 31.2 Å². The maximum Gasteiger partial charge on any atom is 0.225 e. The zero-order chi connectivity index (χ0) is 17.1. The number of thiophene rings is 1. The molecular weight excluding hydrogens is 342 g/mol. The maximum absolute atomic E-state index is 12.4. The molecule has 3 rings (SSSR count). The summed E-state index contributed by atoms with van der Waals surface area (Å²) in [6, 6.07) is 9.82. The average molecular weight is 360 g/mol. The smallest absolute Gasteiger partial charge is 0.225 e. The van der Waals surface area contributed by atoms with Gasteiger partial charge in [-0.3, -0.25) is 4.79 Å². The van der Waals surface area contributed by atoms with Gasteiger partial charge in [0.15, 0.2) is 0 Å². The molecule has 124 valence electrons. The zero-order valence-corrected chi connectivity index (χ0v) is 14.9. The third kappa shape index (κ3) is 3.46. The second-order valence-corrected chi connectivity index (χ2v) is 7.43. The molecule has 2 heterocycles. The van der Waals surface area contributed by atoms with Crippen molar-refractivity contribution in [1.29, 1.82) is 5.26 Å². The monoisotopic (exact) mass is 359 g/mol. The van der Waals surface area contributed by atoms with Gasteiger partial charge >= 0.3 is 0 Å². The van der Waals surface area contributed by atoms with Gasteiger partial charge in [0.25, 0.3) is 0 Å². The fourth-order valence-electron chi connectivity index (χ4n) is 2.98. The number of anilines is 1. The molecule has 24 heavy (non-hydrogen) atoms. The van der Waals surface area contributed by atoms with Gasteiger partial charge in [0.2, 0.25) is 5.91 Å². The van der Waals surface area contributed by atoms with Gasteiger partial charge in [-0.05, 0) is 36.1 Å². The molecule has 1 amide bonds. The summed E-state index contributed by atoms with van der Waals surface area (Å²) in [5.74, 6) is -0.0778. The number of hydrogen-bond acceptors (Lipinski definition) is 4. The van der Waals surface area contributed by atoms with Crippen LogP contribution in [-0.4, -0.2) is 12.5 Å². The highest BCUT2D eigenvalue weighted by atomic mass is 35.5. The molecule has 6 heteroatoms. The number of fused-ring (bicyclic) bond motifs is 1. The minimum absolute atomic E-state index is 0.0143. The van der Waals surface area contributed by atoms with E-state index < -0.39 is 0 Å². The molecule has 1 aliphatic heterocycles. The zero-order valence-electron chi connectivity index (χ0n) is 13.4. The molecule has 2 aromatic rings. The van der Waals surface area contributed by atoms with Crippen molar-refractivity contribution in [2.24, 2.45) is 0 Å². The van der Waals surface area contributed by atoms with Gasteiger partial charge in [-0.1, -0.05) is 36.7 Å². The van der Waals surface area contributed by atoms with Crippen LogP contribution in [0.15, 0.2) is 24.3 Å². The van der Waals surface area contributed by atoms with E-state index >= 15 is 0 Å². The third-order valence-corrected chi connectivity index (χ3v) is 5.71. The summed E-state index contributed by atoms with van der Waals surface area (Å²) in [6.45, 7) is 3.62. The van der Waals surface area contributed by atoms with Gasteiger partial charge in [0, 0.05) is 22.9 Å². The van der Waals surface area contributed by atoms with Crippen LogP contribution in [0.3, 0.4) is 0 Å². The molecule has 1 atom stereocenters. The number of nitriles is 1. The topological polar surface area (TPSA) is 64.9 Å². The largest absolute Gasteiger partial charge is 0.317 e. The molecule has 4 nitrogen and oxygen atoms in total. The Labute approximate surface area is 150 Å². The molecule has 1 aliphatic rings. The third-order valence-electron chi connectivity index (χ3n) is 4.22. The van der Waals surface area contributed by atoms with Crippen LogP contribution in [0.25, 0.3) is 0 Å². The molecule has 0 aliphatic carbocycles. The fourth-order valence-corrected chi connectivity index (χ4v) is 4.49. The van der Waals surface area contributed by atoms with E-state index in [9.17, 15) is 10.1 Å². The van der Waals surface area contributed by atoms with Gasteiger partial charge in [0.1, 0.15) is 11.1 Å². The fraction of sp³-hybridized carbons (Fsp3) is 0.333. The van der Waals surface area contributed by atoms with Crippen molar-refractivity contribution in [3.8, 4) is 6.07 Å². The first-order valence-corrected chi connectivity index (χ1v) is 9.09. The van der Waals surface area contributed by atoms with Crippen LogP contribution in [0, 0.1) is 11.3 Å². The molecule has 1 unspecified atom stereocenters. The second-order valence-electron chi connectivity index (χ2n) is 5.92. The molecule has 0 fully saturated rings. The maximum atomic E-state index is 12.4. The quantitative estimate of drug-likeness (QED) is 0.865. The number of hydrogen-bond donors (Lipinski definition) is 2. The Morgan fingerprint density at radius 3 is 3.04 bits per heavy atom.